The predicted octanol–water partition coefficient (Wildman–Crippen LogP) is 5.09. The summed E-state index contributed by atoms with van der Waals surface area (Å²) in [5.74, 6) is 1.02. The summed E-state index contributed by atoms with van der Waals surface area (Å²) in [6.07, 6.45) is 0. The van der Waals surface area contributed by atoms with Crippen molar-refractivity contribution < 1.29 is 14.3 Å². The van der Waals surface area contributed by atoms with E-state index in [-0.39, 0.29) is 13.2 Å². The van der Waals surface area contributed by atoms with Crippen molar-refractivity contribution in [2.24, 2.45) is 5.73 Å². The fourth-order valence-electron chi connectivity index (χ4n) is 3.21. The third-order valence-electron chi connectivity index (χ3n) is 4.87. The lowest BCUT2D eigenvalue weighted by Gasteiger charge is -2.14. The number of nitrogens with zero attached hydrogens (tertiary/aromatic N) is 1. The zero-order valence-corrected chi connectivity index (χ0v) is 18.0. The van der Waals surface area contributed by atoms with E-state index in [1.165, 1.54) is 0 Å². The number of benzene rings is 3. The quantitative estimate of drug-likeness (QED) is 0.423. The molecule has 0 aliphatic carbocycles. The molecule has 158 valence electrons. The van der Waals surface area contributed by atoms with Crippen LogP contribution < -0.4 is 15.2 Å². The van der Waals surface area contributed by atoms with Crippen LogP contribution in [-0.4, -0.2) is 15.9 Å². The number of imidazole rings is 1. The molecule has 4 rings (SSSR count). The second-order valence-corrected chi connectivity index (χ2v) is 7.81. The molecule has 6 nitrogen and oxygen atoms in total. The van der Waals surface area contributed by atoms with Crippen LogP contribution in [0.5, 0.6) is 11.5 Å². The Labute approximate surface area is 185 Å². The number of H-pyrrole nitrogens is 1. The van der Waals surface area contributed by atoms with E-state index in [9.17, 15) is 4.79 Å². The molecule has 0 radical (unpaired) electrons. The summed E-state index contributed by atoms with van der Waals surface area (Å²) in [4.78, 5) is 19.4. The van der Waals surface area contributed by atoms with Crippen molar-refractivity contribution in [1.82, 2.24) is 9.97 Å². The molecule has 0 saturated carbocycles. The lowest BCUT2D eigenvalue weighted by molar-refractivity contribution is 0.0999. The fourth-order valence-corrected chi connectivity index (χ4v) is 3.50. The first-order valence-electron chi connectivity index (χ1n) is 9.79. The van der Waals surface area contributed by atoms with Gasteiger partial charge in [0.25, 0.3) is 0 Å². The van der Waals surface area contributed by atoms with Gasteiger partial charge in [-0.2, -0.15) is 0 Å². The van der Waals surface area contributed by atoms with Crippen LogP contribution in [0.3, 0.4) is 0 Å². The number of nitrogens with one attached hydrogen (secondary N) is 1. The van der Waals surface area contributed by atoms with Crippen LogP contribution in [0.4, 0.5) is 0 Å². The van der Waals surface area contributed by atoms with E-state index in [2.05, 4.69) is 9.97 Å². The zero-order chi connectivity index (χ0) is 22.0. The summed E-state index contributed by atoms with van der Waals surface area (Å²) in [6, 6.07) is 16.6. The molecule has 0 bridgehead atoms. The number of carbonyl (C=O) groups excluding carboxylic acids is 1. The van der Waals surface area contributed by atoms with Gasteiger partial charge in [0.1, 0.15) is 19.0 Å². The van der Waals surface area contributed by atoms with Gasteiger partial charge in [-0.25, -0.2) is 4.98 Å². The number of primary amides is 1. The summed E-state index contributed by atoms with van der Waals surface area (Å²) >= 11 is 6.31. The molecule has 0 saturated heterocycles. The number of fused-ring (bicyclic) bond motifs is 1. The Bertz CT molecular complexity index is 1270. The van der Waals surface area contributed by atoms with Crippen LogP contribution in [0, 0.1) is 13.8 Å². The van der Waals surface area contributed by atoms with Crippen molar-refractivity contribution in [2.75, 3.05) is 0 Å². The summed E-state index contributed by atoms with van der Waals surface area (Å²) in [6.45, 7) is 4.44. The lowest BCUT2D eigenvalue weighted by atomic mass is 10.1. The minimum absolute atomic E-state index is 0.214. The summed E-state index contributed by atoms with van der Waals surface area (Å²) < 4.78 is 11.9. The summed E-state index contributed by atoms with van der Waals surface area (Å²) in [5.41, 5.74) is 10.6. The standard InChI is InChI=1S/C24H22ClN3O3/c1-14-3-5-17(18(25)9-14)12-30-22-11-16(24(26)29)6-8-21(22)31-13-23-27-19-7-4-15(2)10-20(19)28-23/h3-11H,12-13H2,1-2H3,(H2,26,29)(H,27,28). The van der Waals surface area contributed by atoms with Gasteiger partial charge >= 0.3 is 0 Å². The molecule has 1 heterocycles. The first-order chi connectivity index (χ1) is 14.9. The van der Waals surface area contributed by atoms with Gasteiger partial charge in [-0.3, -0.25) is 4.79 Å². The third-order valence-corrected chi connectivity index (χ3v) is 5.22. The second kappa shape index (κ2) is 8.70. The number of aromatic nitrogens is 2. The number of amides is 1. The SMILES string of the molecule is Cc1ccc(COc2cc(C(N)=O)ccc2OCc2nc3ccc(C)cc3[nH]2)c(Cl)c1. The largest absolute Gasteiger partial charge is 0.485 e. The maximum Gasteiger partial charge on any atom is 0.248 e. The van der Waals surface area contributed by atoms with Crippen molar-refractivity contribution in [3.8, 4) is 11.5 Å². The highest BCUT2D eigenvalue weighted by Gasteiger charge is 2.13. The van der Waals surface area contributed by atoms with Crippen molar-refractivity contribution in [2.45, 2.75) is 27.1 Å². The van der Waals surface area contributed by atoms with Gasteiger partial charge in [-0.05, 0) is 61.4 Å². The number of hydrogen-bond acceptors (Lipinski definition) is 4. The number of halogens is 1. The van der Waals surface area contributed by atoms with Crippen LogP contribution in [0.15, 0.2) is 54.6 Å². The van der Waals surface area contributed by atoms with E-state index in [1.54, 1.807) is 18.2 Å². The number of rotatable bonds is 7. The first kappa shape index (κ1) is 20.8. The molecule has 4 aromatic rings. The van der Waals surface area contributed by atoms with Gasteiger partial charge in [-0.15, -0.1) is 0 Å². The summed E-state index contributed by atoms with van der Waals surface area (Å²) in [7, 11) is 0. The van der Waals surface area contributed by atoms with Gasteiger partial charge in [-0.1, -0.05) is 29.8 Å². The zero-order valence-electron chi connectivity index (χ0n) is 17.2. The minimum atomic E-state index is -0.544. The predicted molar refractivity (Wildman–Crippen MR) is 121 cm³/mol. The van der Waals surface area contributed by atoms with E-state index in [1.807, 2.05) is 50.2 Å². The normalized spacial score (nSPS) is 10.9. The number of ether oxygens (including phenoxy) is 2. The van der Waals surface area contributed by atoms with Crippen molar-refractivity contribution in [1.29, 1.82) is 0 Å². The second-order valence-electron chi connectivity index (χ2n) is 7.40. The van der Waals surface area contributed by atoms with Crippen molar-refractivity contribution in [3.05, 3.63) is 87.7 Å². The third kappa shape index (κ3) is 4.81. The number of carbonyl (C=O) groups is 1. The molecule has 7 heteroatoms. The van der Waals surface area contributed by atoms with Gasteiger partial charge in [0, 0.05) is 16.1 Å². The number of nitrogens with two attached hydrogens (primary N) is 1. The van der Waals surface area contributed by atoms with Crippen LogP contribution >= 0.6 is 11.6 Å². The topological polar surface area (TPSA) is 90.2 Å². The molecule has 3 N–H and O–H groups in total. The van der Waals surface area contributed by atoms with Gasteiger partial charge in [0.15, 0.2) is 11.5 Å². The minimum Gasteiger partial charge on any atom is -0.485 e. The number of aromatic amines is 1. The van der Waals surface area contributed by atoms with E-state index in [4.69, 9.17) is 26.8 Å². The Morgan fingerprint density at radius 3 is 2.48 bits per heavy atom. The van der Waals surface area contributed by atoms with Gasteiger partial charge < -0.3 is 20.2 Å². The highest BCUT2D eigenvalue weighted by Crippen LogP contribution is 2.31. The Balaban J connectivity index is 1.54. The van der Waals surface area contributed by atoms with E-state index in [0.29, 0.717) is 27.9 Å². The molecule has 0 atom stereocenters. The average molecular weight is 436 g/mol. The molecule has 1 aromatic heterocycles. The molecule has 0 aliphatic rings. The molecule has 0 unspecified atom stereocenters. The molecule has 0 aliphatic heterocycles. The maximum atomic E-state index is 11.6. The fraction of sp³-hybridized carbons (Fsp3) is 0.167. The molecule has 3 aromatic carbocycles. The lowest BCUT2D eigenvalue weighted by Crippen LogP contribution is -2.11. The van der Waals surface area contributed by atoms with Crippen molar-refractivity contribution >= 4 is 28.5 Å². The van der Waals surface area contributed by atoms with E-state index in [0.717, 1.165) is 27.7 Å². The molecular formula is C24H22ClN3O3. The molecule has 0 fully saturated rings. The molecule has 1 amide bonds. The Morgan fingerprint density at radius 2 is 1.71 bits per heavy atom. The molecule has 31 heavy (non-hydrogen) atoms. The number of hydrogen-bond donors (Lipinski definition) is 2. The van der Waals surface area contributed by atoms with Gasteiger partial charge in [0.2, 0.25) is 5.91 Å². The Morgan fingerprint density at radius 1 is 0.968 bits per heavy atom. The highest BCUT2D eigenvalue weighted by molar-refractivity contribution is 6.31. The van der Waals surface area contributed by atoms with Crippen LogP contribution in [0.2, 0.25) is 5.02 Å². The smallest absolute Gasteiger partial charge is 0.248 e. The highest BCUT2D eigenvalue weighted by atomic mass is 35.5. The molecule has 0 spiro atoms. The van der Waals surface area contributed by atoms with Crippen molar-refractivity contribution in [3.63, 3.8) is 0 Å². The Hall–Kier alpha value is -3.51. The van der Waals surface area contributed by atoms with E-state index >= 15 is 0 Å². The van der Waals surface area contributed by atoms with Gasteiger partial charge in [0.05, 0.1) is 11.0 Å². The van der Waals surface area contributed by atoms with Crippen LogP contribution in [-0.2, 0) is 13.2 Å². The van der Waals surface area contributed by atoms with Crippen LogP contribution in [0.25, 0.3) is 11.0 Å². The van der Waals surface area contributed by atoms with Crippen LogP contribution in [0.1, 0.15) is 32.9 Å². The maximum absolute atomic E-state index is 11.6. The first-order valence-corrected chi connectivity index (χ1v) is 10.2. The Kier molecular flexibility index (Phi) is 5.82. The monoisotopic (exact) mass is 435 g/mol. The summed E-state index contributed by atoms with van der Waals surface area (Å²) in [5, 5.41) is 0.617. The average Bonchev–Trinajstić information content (AvgIpc) is 3.13. The van der Waals surface area contributed by atoms with E-state index < -0.39 is 5.91 Å². The number of aryl methyl sites for hydroxylation is 2. The molecular weight excluding hydrogens is 414 g/mol.